The number of nitrogens with zero attached hydrogens (tertiary/aromatic N) is 1. The van der Waals surface area contributed by atoms with E-state index >= 15 is 0 Å². The molecule has 5 heteroatoms. The second kappa shape index (κ2) is 6.06. The van der Waals surface area contributed by atoms with Crippen LogP contribution in [0, 0.1) is 17.2 Å². The Bertz CT molecular complexity index is 568. The second-order valence-electron chi connectivity index (χ2n) is 4.95. The van der Waals surface area contributed by atoms with E-state index in [2.05, 4.69) is 15.9 Å². The first kappa shape index (κ1) is 14.5. The highest BCUT2D eigenvalue weighted by Crippen LogP contribution is 2.32. The summed E-state index contributed by atoms with van der Waals surface area (Å²) in [5.74, 6) is -0.0209. The number of nitriles is 1. The normalized spacial score (nSPS) is 18.7. The lowest BCUT2D eigenvalue weighted by molar-refractivity contribution is 0.362. The maximum Gasteiger partial charge on any atom is 0.194 e. The summed E-state index contributed by atoms with van der Waals surface area (Å²) >= 11 is 3.28. The Kier molecular flexibility index (Phi) is 4.64. The van der Waals surface area contributed by atoms with Gasteiger partial charge in [-0.25, -0.2) is 8.42 Å². The number of sulfone groups is 1. The summed E-state index contributed by atoms with van der Waals surface area (Å²) in [6.45, 7) is 0. The van der Waals surface area contributed by atoms with Gasteiger partial charge in [-0.2, -0.15) is 5.26 Å². The molecule has 2 rings (SSSR count). The third-order valence-electron chi connectivity index (χ3n) is 3.68. The van der Waals surface area contributed by atoms with Crippen LogP contribution in [-0.4, -0.2) is 13.7 Å². The Hall–Kier alpha value is -0.860. The van der Waals surface area contributed by atoms with Crippen LogP contribution in [0.3, 0.4) is 0 Å². The van der Waals surface area contributed by atoms with Crippen molar-refractivity contribution in [1.29, 1.82) is 5.26 Å². The Morgan fingerprint density at radius 3 is 2.26 bits per heavy atom. The van der Waals surface area contributed by atoms with Crippen molar-refractivity contribution in [2.75, 3.05) is 0 Å². The molecule has 102 valence electrons. The molecule has 0 spiro atoms. The van der Waals surface area contributed by atoms with Crippen LogP contribution in [0.2, 0.25) is 0 Å². The zero-order valence-electron chi connectivity index (χ0n) is 10.5. The average Bonchev–Trinajstić information content (AvgIpc) is 2.41. The molecule has 1 aliphatic carbocycles. The maximum atomic E-state index is 12.5. The molecule has 1 aliphatic rings. The minimum absolute atomic E-state index is 0.0209. The van der Waals surface area contributed by atoms with Crippen LogP contribution in [-0.2, 0) is 9.84 Å². The van der Waals surface area contributed by atoms with Crippen LogP contribution in [0.15, 0.2) is 33.6 Å². The zero-order valence-corrected chi connectivity index (χ0v) is 13.0. The van der Waals surface area contributed by atoms with Crippen LogP contribution < -0.4 is 0 Å². The van der Waals surface area contributed by atoms with E-state index in [9.17, 15) is 13.7 Å². The van der Waals surface area contributed by atoms with Gasteiger partial charge in [0.1, 0.15) is 0 Å². The Morgan fingerprint density at radius 2 is 1.74 bits per heavy atom. The minimum atomic E-state index is -3.55. The number of hydrogen-bond donors (Lipinski definition) is 0. The van der Waals surface area contributed by atoms with Crippen molar-refractivity contribution in [2.24, 2.45) is 5.92 Å². The number of rotatable bonds is 3. The SMILES string of the molecule is N#CC(C1CCCCC1)S(=O)(=O)c1ccc(Br)cc1. The first-order valence-corrected chi connectivity index (χ1v) is 8.78. The summed E-state index contributed by atoms with van der Waals surface area (Å²) in [6, 6.07) is 8.54. The molecule has 0 aromatic heterocycles. The lowest BCUT2D eigenvalue weighted by atomic mass is 9.87. The van der Waals surface area contributed by atoms with Gasteiger partial charge in [-0.3, -0.25) is 0 Å². The van der Waals surface area contributed by atoms with Crippen LogP contribution in [0.5, 0.6) is 0 Å². The predicted octanol–water partition coefficient (Wildman–Crippen LogP) is 3.70. The standard InChI is InChI=1S/C14H16BrNO2S/c15-12-6-8-13(9-7-12)19(17,18)14(10-16)11-4-2-1-3-5-11/h6-9,11,14H,1-5H2. The van der Waals surface area contributed by atoms with E-state index in [1.807, 2.05) is 6.07 Å². The molecule has 0 bridgehead atoms. The van der Waals surface area contributed by atoms with E-state index in [0.717, 1.165) is 36.6 Å². The van der Waals surface area contributed by atoms with Gasteiger partial charge in [0, 0.05) is 4.47 Å². The van der Waals surface area contributed by atoms with Crippen LogP contribution >= 0.6 is 15.9 Å². The van der Waals surface area contributed by atoms with Gasteiger partial charge in [0.2, 0.25) is 0 Å². The molecule has 0 aliphatic heterocycles. The van der Waals surface area contributed by atoms with Gasteiger partial charge in [0.25, 0.3) is 0 Å². The average molecular weight is 342 g/mol. The van der Waals surface area contributed by atoms with E-state index in [-0.39, 0.29) is 10.8 Å². The third-order valence-corrected chi connectivity index (χ3v) is 6.30. The van der Waals surface area contributed by atoms with E-state index in [1.54, 1.807) is 24.3 Å². The molecule has 1 fully saturated rings. The van der Waals surface area contributed by atoms with Crippen molar-refractivity contribution in [2.45, 2.75) is 42.2 Å². The molecule has 1 aromatic carbocycles. The van der Waals surface area contributed by atoms with Crippen molar-refractivity contribution >= 4 is 25.8 Å². The second-order valence-corrected chi connectivity index (χ2v) is 7.93. The predicted molar refractivity (Wildman–Crippen MR) is 77.3 cm³/mol. The van der Waals surface area contributed by atoms with Crippen molar-refractivity contribution in [3.63, 3.8) is 0 Å². The smallest absolute Gasteiger partial charge is 0.194 e. The number of hydrogen-bond acceptors (Lipinski definition) is 3. The van der Waals surface area contributed by atoms with Gasteiger partial charge in [-0.05, 0) is 43.0 Å². The first-order chi connectivity index (χ1) is 9.05. The van der Waals surface area contributed by atoms with Gasteiger partial charge in [0.15, 0.2) is 15.1 Å². The van der Waals surface area contributed by atoms with Crippen LogP contribution in [0.4, 0.5) is 0 Å². The molecule has 1 atom stereocenters. The molecule has 19 heavy (non-hydrogen) atoms. The van der Waals surface area contributed by atoms with Crippen molar-refractivity contribution in [3.05, 3.63) is 28.7 Å². The summed E-state index contributed by atoms with van der Waals surface area (Å²) < 4.78 is 25.9. The summed E-state index contributed by atoms with van der Waals surface area (Å²) in [7, 11) is -3.55. The number of benzene rings is 1. The topological polar surface area (TPSA) is 57.9 Å². The zero-order chi connectivity index (χ0) is 13.9. The van der Waals surface area contributed by atoms with Crippen LogP contribution in [0.1, 0.15) is 32.1 Å². The van der Waals surface area contributed by atoms with Gasteiger partial charge in [0.05, 0.1) is 11.0 Å². The molecule has 0 N–H and O–H groups in total. The third kappa shape index (κ3) is 3.18. The summed E-state index contributed by atoms with van der Waals surface area (Å²) in [6.07, 6.45) is 4.88. The van der Waals surface area contributed by atoms with Crippen molar-refractivity contribution in [1.82, 2.24) is 0 Å². The molecule has 1 unspecified atom stereocenters. The van der Waals surface area contributed by atoms with Gasteiger partial charge < -0.3 is 0 Å². The van der Waals surface area contributed by atoms with E-state index in [1.165, 1.54) is 0 Å². The molecule has 0 radical (unpaired) electrons. The molecular weight excluding hydrogens is 326 g/mol. The lowest BCUT2D eigenvalue weighted by Gasteiger charge is -2.25. The van der Waals surface area contributed by atoms with Crippen molar-refractivity contribution in [3.8, 4) is 6.07 Å². The van der Waals surface area contributed by atoms with Gasteiger partial charge >= 0.3 is 0 Å². The largest absolute Gasteiger partial charge is 0.222 e. The highest BCUT2D eigenvalue weighted by atomic mass is 79.9. The Morgan fingerprint density at radius 1 is 1.16 bits per heavy atom. The summed E-state index contributed by atoms with van der Waals surface area (Å²) in [5, 5.41) is 8.38. The summed E-state index contributed by atoms with van der Waals surface area (Å²) in [4.78, 5) is 0.243. The Labute approximate surface area is 122 Å². The van der Waals surface area contributed by atoms with E-state index < -0.39 is 15.1 Å². The molecule has 0 amide bonds. The lowest BCUT2D eigenvalue weighted by Crippen LogP contribution is -2.30. The van der Waals surface area contributed by atoms with Gasteiger partial charge in [-0.1, -0.05) is 35.2 Å². The fourth-order valence-corrected chi connectivity index (χ4v) is 4.63. The maximum absolute atomic E-state index is 12.5. The van der Waals surface area contributed by atoms with Crippen molar-refractivity contribution < 1.29 is 8.42 Å². The molecule has 3 nitrogen and oxygen atoms in total. The molecular formula is C14H16BrNO2S. The van der Waals surface area contributed by atoms with Gasteiger partial charge in [-0.15, -0.1) is 0 Å². The first-order valence-electron chi connectivity index (χ1n) is 6.45. The number of halogens is 1. The highest BCUT2D eigenvalue weighted by Gasteiger charge is 2.35. The molecule has 1 saturated carbocycles. The fraction of sp³-hybridized carbons (Fsp3) is 0.500. The molecule has 1 aromatic rings. The monoisotopic (exact) mass is 341 g/mol. The van der Waals surface area contributed by atoms with Crippen LogP contribution in [0.25, 0.3) is 0 Å². The van der Waals surface area contributed by atoms with E-state index in [0.29, 0.717) is 0 Å². The highest BCUT2D eigenvalue weighted by molar-refractivity contribution is 9.10. The fourth-order valence-electron chi connectivity index (χ4n) is 2.64. The van der Waals surface area contributed by atoms with E-state index in [4.69, 9.17) is 0 Å². The quantitative estimate of drug-likeness (QED) is 0.842. The molecule has 0 heterocycles. The minimum Gasteiger partial charge on any atom is -0.222 e. The molecule has 0 saturated heterocycles. The Balaban J connectivity index is 2.30. The summed E-state index contributed by atoms with van der Waals surface area (Å²) in [5.41, 5.74) is 0.